The SMILES string of the molecule is C=CC(=O)OCCOC(=O)c1ccc2nn(-c3ccc(OC)cc3O)nc2c1. The van der Waals surface area contributed by atoms with Gasteiger partial charge in [0.2, 0.25) is 0 Å². The van der Waals surface area contributed by atoms with E-state index in [4.69, 9.17) is 14.2 Å². The highest BCUT2D eigenvalue weighted by atomic mass is 16.6. The summed E-state index contributed by atoms with van der Waals surface area (Å²) < 4.78 is 14.8. The summed E-state index contributed by atoms with van der Waals surface area (Å²) in [6.45, 7) is 3.13. The van der Waals surface area contributed by atoms with Crippen LogP contribution in [0.2, 0.25) is 0 Å². The summed E-state index contributed by atoms with van der Waals surface area (Å²) in [5, 5.41) is 18.7. The highest BCUT2D eigenvalue weighted by molar-refractivity contribution is 5.93. The van der Waals surface area contributed by atoms with E-state index < -0.39 is 11.9 Å². The fraction of sp³-hybridized carbons (Fsp3) is 0.158. The van der Waals surface area contributed by atoms with E-state index in [0.29, 0.717) is 22.5 Å². The van der Waals surface area contributed by atoms with Crippen molar-refractivity contribution >= 4 is 23.0 Å². The number of phenols is 1. The van der Waals surface area contributed by atoms with Crippen molar-refractivity contribution in [3.63, 3.8) is 0 Å². The first kappa shape index (κ1) is 18.9. The lowest BCUT2D eigenvalue weighted by Gasteiger charge is -2.05. The monoisotopic (exact) mass is 383 g/mol. The summed E-state index contributed by atoms with van der Waals surface area (Å²) in [5.74, 6) is -0.718. The van der Waals surface area contributed by atoms with Crippen molar-refractivity contribution in [3.05, 3.63) is 54.6 Å². The summed E-state index contributed by atoms with van der Waals surface area (Å²) in [7, 11) is 1.50. The van der Waals surface area contributed by atoms with Gasteiger partial charge in [-0.2, -0.15) is 0 Å². The molecule has 3 rings (SSSR count). The Morgan fingerprint density at radius 2 is 1.86 bits per heavy atom. The number of carbonyl (C=O) groups is 2. The molecule has 9 heteroatoms. The van der Waals surface area contributed by atoms with Crippen LogP contribution in [0.1, 0.15) is 10.4 Å². The minimum absolute atomic E-state index is 0.0478. The molecule has 3 aromatic rings. The molecule has 1 heterocycles. The molecule has 1 N–H and O–H groups in total. The first-order valence-corrected chi connectivity index (χ1v) is 8.22. The van der Waals surface area contributed by atoms with E-state index in [2.05, 4.69) is 16.8 Å². The Labute approximate surface area is 159 Å². The first-order valence-electron chi connectivity index (χ1n) is 8.22. The van der Waals surface area contributed by atoms with Gasteiger partial charge < -0.3 is 19.3 Å². The van der Waals surface area contributed by atoms with Crippen LogP contribution in [-0.2, 0) is 14.3 Å². The summed E-state index contributed by atoms with van der Waals surface area (Å²) >= 11 is 0. The Bertz CT molecular complexity index is 1040. The van der Waals surface area contributed by atoms with Crippen LogP contribution in [-0.4, -0.2) is 52.4 Å². The molecule has 0 spiro atoms. The zero-order valence-electron chi connectivity index (χ0n) is 15.0. The Balaban J connectivity index is 1.74. The van der Waals surface area contributed by atoms with E-state index in [1.54, 1.807) is 24.3 Å². The number of rotatable bonds is 7. The van der Waals surface area contributed by atoms with Crippen molar-refractivity contribution in [1.82, 2.24) is 15.0 Å². The van der Waals surface area contributed by atoms with E-state index in [0.717, 1.165) is 6.08 Å². The van der Waals surface area contributed by atoms with Crippen LogP contribution in [0.3, 0.4) is 0 Å². The van der Waals surface area contributed by atoms with Gasteiger partial charge in [0.25, 0.3) is 0 Å². The highest BCUT2D eigenvalue weighted by Crippen LogP contribution is 2.26. The van der Waals surface area contributed by atoms with Crippen LogP contribution in [0.5, 0.6) is 11.5 Å². The number of aromatic hydroxyl groups is 1. The molecule has 0 radical (unpaired) electrons. The van der Waals surface area contributed by atoms with E-state index in [1.807, 2.05) is 0 Å². The number of methoxy groups -OCH3 is 1. The van der Waals surface area contributed by atoms with Gasteiger partial charge in [-0.1, -0.05) is 6.58 Å². The van der Waals surface area contributed by atoms with Crippen LogP contribution < -0.4 is 4.74 Å². The Kier molecular flexibility index (Phi) is 5.54. The molecule has 0 saturated heterocycles. The van der Waals surface area contributed by atoms with Gasteiger partial charge in [0.1, 0.15) is 41.4 Å². The van der Waals surface area contributed by atoms with Gasteiger partial charge in [0.05, 0.1) is 12.7 Å². The summed E-state index contributed by atoms with van der Waals surface area (Å²) in [5.41, 5.74) is 1.62. The van der Waals surface area contributed by atoms with Crippen LogP contribution in [0.15, 0.2) is 49.1 Å². The molecule has 0 fully saturated rings. The molecule has 0 saturated carbocycles. The first-order chi connectivity index (χ1) is 13.5. The second-order valence-corrected chi connectivity index (χ2v) is 5.56. The van der Waals surface area contributed by atoms with E-state index in [1.165, 1.54) is 24.0 Å². The lowest BCUT2D eigenvalue weighted by molar-refractivity contribution is -0.138. The van der Waals surface area contributed by atoms with Crippen LogP contribution in [0.4, 0.5) is 0 Å². The maximum absolute atomic E-state index is 12.1. The average Bonchev–Trinajstić information content (AvgIpc) is 3.13. The van der Waals surface area contributed by atoms with Gasteiger partial charge in [-0.3, -0.25) is 0 Å². The van der Waals surface area contributed by atoms with E-state index in [-0.39, 0.29) is 24.5 Å². The fourth-order valence-electron chi connectivity index (χ4n) is 2.37. The quantitative estimate of drug-likeness (QED) is 0.375. The molecule has 0 bridgehead atoms. The van der Waals surface area contributed by atoms with E-state index in [9.17, 15) is 14.7 Å². The lowest BCUT2D eigenvalue weighted by atomic mass is 10.2. The van der Waals surface area contributed by atoms with Crippen molar-refractivity contribution in [2.75, 3.05) is 20.3 Å². The van der Waals surface area contributed by atoms with Crippen LogP contribution in [0.25, 0.3) is 16.7 Å². The highest BCUT2D eigenvalue weighted by Gasteiger charge is 2.13. The van der Waals surface area contributed by atoms with Crippen molar-refractivity contribution in [1.29, 1.82) is 0 Å². The number of hydrogen-bond donors (Lipinski definition) is 1. The van der Waals surface area contributed by atoms with E-state index >= 15 is 0 Å². The average molecular weight is 383 g/mol. The normalized spacial score (nSPS) is 10.5. The largest absolute Gasteiger partial charge is 0.505 e. The Morgan fingerprint density at radius 3 is 2.57 bits per heavy atom. The number of ether oxygens (including phenoxy) is 3. The Morgan fingerprint density at radius 1 is 1.11 bits per heavy atom. The third-order valence-electron chi connectivity index (χ3n) is 3.74. The molecule has 0 atom stereocenters. The number of carbonyl (C=O) groups excluding carboxylic acids is 2. The third-order valence-corrected chi connectivity index (χ3v) is 3.74. The summed E-state index contributed by atoms with van der Waals surface area (Å²) in [4.78, 5) is 24.3. The maximum atomic E-state index is 12.1. The molecule has 28 heavy (non-hydrogen) atoms. The van der Waals surface area contributed by atoms with Gasteiger partial charge in [-0.25, -0.2) is 9.59 Å². The fourth-order valence-corrected chi connectivity index (χ4v) is 2.37. The lowest BCUT2D eigenvalue weighted by Crippen LogP contribution is -2.12. The molecule has 0 unspecified atom stereocenters. The molecular formula is C19H17N3O6. The number of nitrogens with zero attached hydrogens (tertiary/aromatic N) is 3. The van der Waals surface area contributed by atoms with Gasteiger partial charge >= 0.3 is 11.9 Å². The maximum Gasteiger partial charge on any atom is 0.338 e. The predicted molar refractivity (Wildman–Crippen MR) is 98.5 cm³/mol. The summed E-state index contributed by atoms with van der Waals surface area (Å²) in [6, 6.07) is 9.43. The molecule has 1 aromatic heterocycles. The minimum atomic E-state index is -0.587. The van der Waals surface area contributed by atoms with Gasteiger partial charge in [-0.15, -0.1) is 15.0 Å². The van der Waals surface area contributed by atoms with Crippen molar-refractivity contribution in [3.8, 4) is 17.2 Å². The number of aromatic nitrogens is 3. The molecule has 9 nitrogen and oxygen atoms in total. The zero-order valence-corrected chi connectivity index (χ0v) is 15.0. The molecule has 0 aliphatic heterocycles. The van der Waals surface area contributed by atoms with Crippen LogP contribution in [0, 0.1) is 0 Å². The molecule has 0 aliphatic carbocycles. The number of benzene rings is 2. The molecule has 0 aliphatic rings. The number of esters is 2. The van der Waals surface area contributed by atoms with Crippen molar-refractivity contribution < 1.29 is 28.9 Å². The van der Waals surface area contributed by atoms with Crippen LogP contribution >= 0.6 is 0 Å². The third kappa shape index (κ3) is 4.09. The standard InChI is InChI=1S/C19H17N3O6/c1-3-18(24)27-8-9-28-19(25)12-4-6-14-15(10-12)21-22(20-14)16-7-5-13(26-2)11-17(16)23/h3-7,10-11,23H,1,8-9H2,2H3. The smallest absolute Gasteiger partial charge is 0.338 e. The summed E-state index contributed by atoms with van der Waals surface area (Å²) in [6.07, 6.45) is 1.03. The molecule has 0 amide bonds. The number of phenolic OH excluding ortho intramolecular Hbond substituents is 1. The molecule has 2 aromatic carbocycles. The topological polar surface area (TPSA) is 113 Å². The number of hydrogen-bond acceptors (Lipinski definition) is 8. The molecule has 144 valence electrons. The number of fused-ring (bicyclic) bond motifs is 1. The van der Waals surface area contributed by atoms with Gasteiger partial charge in [0, 0.05) is 12.1 Å². The second-order valence-electron chi connectivity index (χ2n) is 5.56. The Hall–Kier alpha value is -3.88. The minimum Gasteiger partial charge on any atom is -0.505 e. The molecular weight excluding hydrogens is 366 g/mol. The van der Waals surface area contributed by atoms with Crippen molar-refractivity contribution in [2.24, 2.45) is 0 Å². The van der Waals surface area contributed by atoms with Gasteiger partial charge in [0.15, 0.2) is 0 Å². The van der Waals surface area contributed by atoms with Gasteiger partial charge in [-0.05, 0) is 30.3 Å². The van der Waals surface area contributed by atoms with Crippen molar-refractivity contribution in [2.45, 2.75) is 0 Å². The predicted octanol–water partition coefficient (Wildman–Crippen LogP) is 2.02. The zero-order chi connectivity index (χ0) is 20.1. The second kappa shape index (κ2) is 8.21.